The number of allylic oxidation sites excluding steroid dienone is 4. The Balaban J connectivity index is 1.58. The van der Waals surface area contributed by atoms with Crippen LogP contribution in [-0.2, 0) is 19.1 Å². The van der Waals surface area contributed by atoms with E-state index in [-0.39, 0.29) is 23.0 Å². The maximum atomic E-state index is 11.7. The van der Waals surface area contributed by atoms with Crippen molar-refractivity contribution in [1.29, 1.82) is 0 Å². The first-order chi connectivity index (χ1) is 12.7. The van der Waals surface area contributed by atoms with E-state index in [0.717, 1.165) is 44.3 Å². The van der Waals surface area contributed by atoms with Gasteiger partial charge in [-0.2, -0.15) is 0 Å². The number of carbonyl (C=O) groups is 2. The first kappa shape index (κ1) is 18.8. The van der Waals surface area contributed by atoms with Gasteiger partial charge < -0.3 is 9.47 Å². The van der Waals surface area contributed by atoms with Gasteiger partial charge in [-0.3, -0.25) is 9.59 Å². The minimum atomic E-state index is -0.326. The number of hydrogen-bond acceptors (Lipinski definition) is 4. The Kier molecular flexibility index (Phi) is 4.51. The summed E-state index contributed by atoms with van der Waals surface area (Å²) in [5.74, 6) is 3.05. The molecule has 4 aliphatic rings. The third-order valence-electron chi connectivity index (χ3n) is 8.27. The van der Waals surface area contributed by atoms with E-state index in [2.05, 4.69) is 26.0 Å². The molecule has 0 aliphatic heterocycles. The normalized spacial score (nSPS) is 42.8. The van der Waals surface area contributed by atoms with Crippen LogP contribution in [0.1, 0.15) is 72.6 Å². The summed E-state index contributed by atoms with van der Waals surface area (Å²) in [7, 11) is 0. The predicted molar refractivity (Wildman–Crippen MR) is 102 cm³/mol. The second kappa shape index (κ2) is 6.49. The van der Waals surface area contributed by atoms with Gasteiger partial charge in [-0.15, -0.1) is 0 Å². The highest BCUT2D eigenvalue weighted by Crippen LogP contribution is 2.65. The van der Waals surface area contributed by atoms with Crippen molar-refractivity contribution in [3.8, 4) is 0 Å². The topological polar surface area (TPSA) is 52.6 Å². The summed E-state index contributed by atoms with van der Waals surface area (Å²) in [5, 5.41) is 0. The van der Waals surface area contributed by atoms with Gasteiger partial charge in [0.25, 0.3) is 0 Å². The van der Waals surface area contributed by atoms with Crippen LogP contribution in [0.5, 0.6) is 0 Å². The maximum Gasteiger partial charge on any atom is 0.307 e. The van der Waals surface area contributed by atoms with Gasteiger partial charge in [-0.1, -0.05) is 13.0 Å². The number of hydrogen-bond donors (Lipinski definition) is 0. The van der Waals surface area contributed by atoms with Crippen LogP contribution < -0.4 is 0 Å². The maximum absolute atomic E-state index is 11.7. The zero-order chi connectivity index (χ0) is 19.4. The van der Waals surface area contributed by atoms with Crippen LogP contribution in [-0.4, -0.2) is 17.5 Å². The molecule has 0 spiro atoms. The Labute approximate surface area is 162 Å². The fraction of sp³-hybridized carbons (Fsp3) is 0.739. The lowest BCUT2D eigenvalue weighted by atomic mass is 9.51. The lowest BCUT2D eigenvalue weighted by Gasteiger charge is -2.54. The zero-order valence-corrected chi connectivity index (χ0v) is 17.0. The number of carbonyl (C=O) groups excluding carboxylic acids is 2. The van der Waals surface area contributed by atoms with E-state index in [4.69, 9.17) is 9.47 Å². The van der Waals surface area contributed by atoms with E-state index in [0.29, 0.717) is 23.7 Å². The molecule has 4 heteroatoms. The van der Waals surface area contributed by atoms with Crippen LogP contribution in [0, 0.1) is 29.1 Å². The van der Waals surface area contributed by atoms with Crippen LogP contribution in [0.3, 0.4) is 0 Å². The van der Waals surface area contributed by atoms with E-state index in [1.165, 1.54) is 25.8 Å². The molecule has 0 amide bonds. The monoisotopic (exact) mass is 372 g/mol. The zero-order valence-electron chi connectivity index (χ0n) is 17.0. The standard InChI is InChI=1S/C23H32O4/c1-14(24)26-17-6-8-18-16(13-17)5-7-20-19(18)9-11-22(3)21(20)10-12-23(22,4)27-15(2)25/h5,13,18-21H,6-12H2,1-4H3. The third kappa shape index (κ3) is 2.96. The average Bonchev–Trinajstić information content (AvgIpc) is 2.84. The molecular formula is C23H32O4. The summed E-state index contributed by atoms with van der Waals surface area (Å²) in [5.41, 5.74) is 1.13. The number of ether oxygens (including phenoxy) is 2. The number of fused-ring (bicyclic) bond motifs is 5. The largest absolute Gasteiger partial charge is 0.459 e. The van der Waals surface area contributed by atoms with Gasteiger partial charge in [0.05, 0.1) is 0 Å². The minimum Gasteiger partial charge on any atom is -0.459 e. The molecule has 0 radical (unpaired) electrons. The third-order valence-corrected chi connectivity index (χ3v) is 8.27. The van der Waals surface area contributed by atoms with E-state index in [9.17, 15) is 9.59 Å². The van der Waals surface area contributed by atoms with E-state index in [1.54, 1.807) is 0 Å². The lowest BCUT2D eigenvalue weighted by Crippen LogP contribution is -2.52. The summed E-state index contributed by atoms with van der Waals surface area (Å²) >= 11 is 0. The molecule has 0 N–H and O–H groups in total. The predicted octanol–water partition coefficient (Wildman–Crippen LogP) is 4.94. The van der Waals surface area contributed by atoms with Gasteiger partial charge >= 0.3 is 11.9 Å². The molecule has 4 nitrogen and oxygen atoms in total. The smallest absolute Gasteiger partial charge is 0.307 e. The lowest BCUT2D eigenvalue weighted by molar-refractivity contribution is -0.175. The van der Waals surface area contributed by atoms with Crippen LogP contribution in [0.25, 0.3) is 0 Å². The fourth-order valence-corrected chi connectivity index (χ4v) is 6.90. The molecule has 6 atom stereocenters. The van der Waals surface area contributed by atoms with Gasteiger partial charge in [-0.25, -0.2) is 0 Å². The average molecular weight is 373 g/mol. The molecule has 0 aromatic rings. The van der Waals surface area contributed by atoms with Crippen molar-refractivity contribution in [2.24, 2.45) is 29.1 Å². The van der Waals surface area contributed by atoms with Crippen molar-refractivity contribution in [3.05, 3.63) is 23.5 Å². The molecule has 2 fully saturated rings. The molecule has 27 heavy (non-hydrogen) atoms. The second-order valence-corrected chi connectivity index (χ2v) is 9.54. The Morgan fingerprint density at radius 1 is 1.04 bits per heavy atom. The van der Waals surface area contributed by atoms with Crippen molar-refractivity contribution in [2.45, 2.75) is 78.2 Å². The minimum absolute atomic E-state index is 0.0819. The molecule has 0 heterocycles. The molecule has 6 unspecified atom stereocenters. The molecular weight excluding hydrogens is 340 g/mol. The van der Waals surface area contributed by atoms with Gasteiger partial charge in [-0.05, 0) is 80.8 Å². The summed E-state index contributed by atoms with van der Waals surface area (Å²) in [6.07, 6.45) is 12.0. The Morgan fingerprint density at radius 2 is 1.81 bits per heavy atom. The van der Waals surface area contributed by atoms with Crippen LogP contribution in [0.15, 0.2) is 23.5 Å². The number of esters is 2. The van der Waals surface area contributed by atoms with Crippen LogP contribution in [0.4, 0.5) is 0 Å². The Hall–Kier alpha value is -1.58. The Morgan fingerprint density at radius 3 is 2.52 bits per heavy atom. The van der Waals surface area contributed by atoms with Gasteiger partial charge in [0.15, 0.2) is 0 Å². The molecule has 0 bridgehead atoms. The van der Waals surface area contributed by atoms with Crippen molar-refractivity contribution in [1.82, 2.24) is 0 Å². The molecule has 0 aromatic carbocycles. The number of rotatable bonds is 2. The SMILES string of the molecule is CC(=O)OC1=CC2=CCC3C(CCC4(C)C3CCC4(C)OC(C)=O)C2CC1. The van der Waals surface area contributed by atoms with Crippen molar-refractivity contribution >= 4 is 11.9 Å². The summed E-state index contributed by atoms with van der Waals surface area (Å²) in [4.78, 5) is 23.0. The molecule has 4 aliphatic carbocycles. The molecule has 148 valence electrons. The van der Waals surface area contributed by atoms with Crippen LogP contribution in [0.2, 0.25) is 0 Å². The van der Waals surface area contributed by atoms with Crippen molar-refractivity contribution < 1.29 is 19.1 Å². The van der Waals surface area contributed by atoms with E-state index in [1.807, 2.05) is 0 Å². The second-order valence-electron chi connectivity index (χ2n) is 9.54. The summed E-state index contributed by atoms with van der Waals surface area (Å²) < 4.78 is 11.3. The molecule has 2 saturated carbocycles. The highest BCUT2D eigenvalue weighted by molar-refractivity contribution is 5.67. The Bertz CT molecular complexity index is 720. The van der Waals surface area contributed by atoms with Crippen molar-refractivity contribution in [3.63, 3.8) is 0 Å². The summed E-state index contributed by atoms with van der Waals surface area (Å²) in [6, 6.07) is 0. The van der Waals surface area contributed by atoms with Gasteiger partial charge in [0.1, 0.15) is 11.4 Å². The first-order valence-electron chi connectivity index (χ1n) is 10.5. The molecule has 0 saturated heterocycles. The van der Waals surface area contributed by atoms with E-state index >= 15 is 0 Å². The highest BCUT2D eigenvalue weighted by Gasteiger charge is 2.62. The van der Waals surface area contributed by atoms with E-state index < -0.39 is 0 Å². The van der Waals surface area contributed by atoms with Gasteiger partial charge in [0, 0.05) is 25.7 Å². The van der Waals surface area contributed by atoms with Crippen molar-refractivity contribution in [2.75, 3.05) is 0 Å². The summed E-state index contributed by atoms with van der Waals surface area (Å²) in [6.45, 7) is 7.54. The fourth-order valence-electron chi connectivity index (χ4n) is 6.90. The van der Waals surface area contributed by atoms with Crippen LogP contribution >= 0.6 is 0 Å². The van der Waals surface area contributed by atoms with Gasteiger partial charge in [0.2, 0.25) is 0 Å². The molecule has 0 aromatic heterocycles. The molecule has 4 rings (SSSR count). The first-order valence-corrected chi connectivity index (χ1v) is 10.5. The highest BCUT2D eigenvalue weighted by atomic mass is 16.6. The quantitative estimate of drug-likeness (QED) is 0.644.